The number of hydrogen-bond donors (Lipinski definition) is 1. The summed E-state index contributed by atoms with van der Waals surface area (Å²) in [4.78, 5) is 2.21. The van der Waals surface area contributed by atoms with Gasteiger partial charge in [0, 0.05) is 19.2 Å². The van der Waals surface area contributed by atoms with Crippen molar-refractivity contribution in [3.05, 3.63) is 29.6 Å². The maximum atomic E-state index is 13.9. The van der Waals surface area contributed by atoms with Crippen molar-refractivity contribution < 1.29 is 4.39 Å². The quantitative estimate of drug-likeness (QED) is 0.835. The minimum Gasteiger partial charge on any atom is -0.389 e. The van der Waals surface area contributed by atoms with Gasteiger partial charge in [-0.15, -0.1) is 0 Å². The highest BCUT2D eigenvalue weighted by Crippen LogP contribution is 2.29. The normalized spacial score (nSPS) is 15.4. The van der Waals surface area contributed by atoms with E-state index in [0.717, 1.165) is 12.5 Å². The highest BCUT2D eigenvalue weighted by atomic mass is 32.1. The molecular weight excluding hydrogens is 235 g/mol. The van der Waals surface area contributed by atoms with Crippen LogP contribution in [-0.2, 0) is 0 Å². The van der Waals surface area contributed by atoms with Gasteiger partial charge < -0.3 is 10.6 Å². The second-order valence-corrected chi connectivity index (χ2v) is 5.15. The van der Waals surface area contributed by atoms with Gasteiger partial charge in [-0.3, -0.25) is 0 Å². The van der Waals surface area contributed by atoms with Crippen molar-refractivity contribution in [3.63, 3.8) is 0 Å². The molecule has 92 valence electrons. The van der Waals surface area contributed by atoms with Crippen molar-refractivity contribution in [2.75, 3.05) is 18.5 Å². The molecule has 1 aliphatic rings. The Morgan fingerprint density at radius 1 is 1.53 bits per heavy atom. The summed E-state index contributed by atoms with van der Waals surface area (Å²) in [5, 5.41) is 0. The lowest BCUT2D eigenvalue weighted by atomic mass is 9.85. The third kappa shape index (κ3) is 2.75. The second kappa shape index (κ2) is 5.00. The molecular formula is C13H17FN2S. The van der Waals surface area contributed by atoms with Gasteiger partial charge in [0.15, 0.2) is 0 Å². The molecule has 1 saturated carbocycles. The maximum absolute atomic E-state index is 13.9. The smallest absolute Gasteiger partial charge is 0.147 e. The summed E-state index contributed by atoms with van der Waals surface area (Å²) in [5.41, 5.74) is 6.68. The van der Waals surface area contributed by atoms with Crippen LogP contribution in [-0.4, -0.2) is 18.6 Å². The fourth-order valence-corrected chi connectivity index (χ4v) is 2.26. The van der Waals surface area contributed by atoms with Gasteiger partial charge in [-0.1, -0.05) is 18.6 Å². The zero-order valence-electron chi connectivity index (χ0n) is 9.95. The molecule has 1 aromatic rings. The number of nitrogens with zero attached hydrogens (tertiary/aromatic N) is 1. The van der Waals surface area contributed by atoms with Crippen LogP contribution in [0.5, 0.6) is 0 Å². The van der Waals surface area contributed by atoms with Crippen LogP contribution >= 0.6 is 12.2 Å². The molecule has 17 heavy (non-hydrogen) atoms. The number of hydrogen-bond acceptors (Lipinski definition) is 2. The van der Waals surface area contributed by atoms with Crippen LogP contribution in [0, 0.1) is 11.7 Å². The molecule has 2 nitrogen and oxygen atoms in total. The molecule has 1 aliphatic carbocycles. The van der Waals surface area contributed by atoms with E-state index in [1.54, 1.807) is 12.1 Å². The summed E-state index contributed by atoms with van der Waals surface area (Å²) in [7, 11) is 1.93. The van der Waals surface area contributed by atoms with E-state index in [4.69, 9.17) is 18.0 Å². The monoisotopic (exact) mass is 252 g/mol. The van der Waals surface area contributed by atoms with E-state index in [9.17, 15) is 4.39 Å². The van der Waals surface area contributed by atoms with Gasteiger partial charge in [-0.05, 0) is 37.0 Å². The summed E-state index contributed by atoms with van der Waals surface area (Å²) in [6.07, 6.45) is 3.83. The molecule has 1 fully saturated rings. The summed E-state index contributed by atoms with van der Waals surface area (Å²) >= 11 is 4.83. The van der Waals surface area contributed by atoms with Gasteiger partial charge in [0.25, 0.3) is 0 Å². The van der Waals surface area contributed by atoms with E-state index in [1.807, 2.05) is 11.9 Å². The van der Waals surface area contributed by atoms with Crippen molar-refractivity contribution in [3.8, 4) is 0 Å². The van der Waals surface area contributed by atoms with Crippen molar-refractivity contribution in [1.29, 1.82) is 0 Å². The lowest BCUT2D eigenvalue weighted by Crippen LogP contribution is -2.29. The molecule has 0 atom stereocenters. The van der Waals surface area contributed by atoms with Crippen LogP contribution < -0.4 is 10.6 Å². The number of benzene rings is 1. The minimum atomic E-state index is -0.253. The third-order valence-corrected chi connectivity index (χ3v) is 3.64. The van der Waals surface area contributed by atoms with E-state index in [1.165, 1.54) is 25.3 Å². The van der Waals surface area contributed by atoms with E-state index in [-0.39, 0.29) is 10.8 Å². The molecule has 0 aliphatic heterocycles. The van der Waals surface area contributed by atoms with E-state index < -0.39 is 0 Å². The molecule has 0 unspecified atom stereocenters. The molecule has 4 heteroatoms. The SMILES string of the molecule is CN(CC1CCC1)c1ccc(C(N)=S)cc1F. The fourth-order valence-electron chi connectivity index (χ4n) is 2.13. The van der Waals surface area contributed by atoms with Crippen molar-refractivity contribution >= 4 is 22.9 Å². The van der Waals surface area contributed by atoms with Crippen LogP contribution in [0.1, 0.15) is 24.8 Å². The third-order valence-electron chi connectivity index (χ3n) is 3.40. The molecule has 0 radical (unpaired) electrons. The van der Waals surface area contributed by atoms with Gasteiger partial charge >= 0.3 is 0 Å². The minimum absolute atomic E-state index is 0.233. The van der Waals surface area contributed by atoms with E-state index >= 15 is 0 Å². The number of rotatable bonds is 4. The fraction of sp³-hybridized carbons (Fsp3) is 0.462. The van der Waals surface area contributed by atoms with Gasteiger partial charge in [-0.25, -0.2) is 4.39 Å². The number of thiocarbonyl (C=S) groups is 1. The Morgan fingerprint density at radius 3 is 2.71 bits per heavy atom. The first-order valence-electron chi connectivity index (χ1n) is 5.88. The molecule has 2 N–H and O–H groups in total. The molecule has 0 heterocycles. The first-order chi connectivity index (χ1) is 8.08. The Hall–Kier alpha value is -1.16. The Kier molecular flexibility index (Phi) is 3.62. The lowest BCUT2D eigenvalue weighted by molar-refractivity contribution is 0.321. The predicted octanol–water partition coefficient (Wildman–Crippen LogP) is 2.70. The Bertz CT molecular complexity index is 429. The Labute approximate surface area is 107 Å². The van der Waals surface area contributed by atoms with E-state index in [2.05, 4.69) is 0 Å². The largest absolute Gasteiger partial charge is 0.389 e. The number of anilines is 1. The van der Waals surface area contributed by atoms with Crippen molar-refractivity contribution in [2.24, 2.45) is 11.7 Å². The topological polar surface area (TPSA) is 29.3 Å². The number of halogens is 1. The van der Waals surface area contributed by atoms with Crippen LogP contribution in [0.2, 0.25) is 0 Å². The molecule has 1 aromatic carbocycles. The average Bonchev–Trinajstić information content (AvgIpc) is 2.22. The predicted molar refractivity (Wildman–Crippen MR) is 72.9 cm³/mol. The maximum Gasteiger partial charge on any atom is 0.147 e. The molecule has 0 aromatic heterocycles. The zero-order chi connectivity index (χ0) is 12.4. The van der Waals surface area contributed by atoms with E-state index in [0.29, 0.717) is 11.3 Å². The highest BCUT2D eigenvalue weighted by molar-refractivity contribution is 7.80. The standard InChI is InChI=1S/C13H17FN2S/c1-16(8-9-3-2-4-9)12-6-5-10(13(15)17)7-11(12)14/h5-7,9H,2-4,8H2,1H3,(H2,15,17). The summed E-state index contributed by atoms with van der Waals surface area (Å²) < 4.78 is 13.9. The summed E-state index contributed by atoms with van der Waals surface area (Å²) in [6, 6.07) is 4.94. The Morgan fingerprint density at radius 2 is 2.24 bits per heavy atom. The number of nitrogens with two attached hydrogens (primary N) is 1. The van der Waals surface area contributed by atoms with Gasteiger partial charge in [0.05, 0.1) is 5.69 Å². The molecule has 0 bridgehead atoms. The molecule has 0 saturated heterocycles. The van der Waals surface area contributed by atoms with Crippen LogP contribution in [0.15, 0.2) is 18.2 Å². The molecule has 0 spiro atoms. The average molecular weight is 252 g/mol. The van der Waals surface area contributed by atoms with Gasteiger partial charge in [-0.2, -0.15) is 0 Å². The van der Waals surface area contributed by atoms with Crippen LogP contribution in [0.25, 0.3) is 0 Å². The Balaban J connectivity index is 2.11. The van der Waals surface area contributed by atoms with Gasteiger partial charge in [0.1, 0.15) is 10.8 Å². The molecule has 2 rings (SSSR count). The lowest BCUT2D eigenvalue weighted by Gasteiger charge is -2.31. The van der Waals surface area contributed by atoms with Gasteiger partial charge in [0.2, 0.25) is 0 Å². The highest BCUT2D eigenvalue weighted by Gasteiger charge is 2.20. The van der Waals surface area contributed by atoms with Crippen molar-refractivity contribution in [2.45, 2.75) is 19.3 Å². The van der Waals surface area contributed by atoms with Crippen molar-refractivity contribution in [1.82, 2.24) is 0 Å². The summed E-state index contributed by atoms with van der Waals surface area (Å²) in [5.74, 6) is 0.465. The summed E-state index contributed by atoms with van der Waals surface area (Å²) in [6.45, 7) is 0.920. The van der Waals surface area contributed by atoms with Crippen LogP contribution in [0.4, 0.5) is 10.1 Å². The molecule has 0 amide bonds. The first-order valence-corrected chi connectivity index (χ1v) is 6.29. The first kappa shape index (κ1) is 12.3. The second-order valence-electron chi connectivity index (χ2n) is 4.71. The van der Waals surface area contributed by atoms with Crippen LogP contribution in [0.3, 0.4) is 0 Å². The zero-order valence-corrected chi connectivity index (χ0v) is 10.8.